The van der Waals surface area contributed by atoms with E-state index in [1.54, 1.807) is 4.90 Å². The average Bonchev–Trinajstić information content (AvgIpc) is 2.99. The predicted octanol–water partition coefficient (Wildman–Crippen LogP) is 2.88. The number of rotatable bonds is 2. The van der Waals surface area contributed by atoms with E-state index in [0.717, 1.165) is 51.7 Å². The summed E-state index contributed by atoms with van der Waals surface area (Å²) in [6, 6.07) is 4.04. The third-order valence-corrected chi connectivity index (χ3v) is 4.15. The van der Waals surface area contributed by atoms with Gasteiger partial charge in [0.15, 0.2) is 0 Å². The summed E-state index contributed by atoms with van der Waals surface area (Å²) in [5.41, 5.74) is 5.42. The first-order valence-corrected chi connectivity index (χ1v) is 7.28. The molecule has 3 aromatic rings. The molecule has 4 rings (SSSR count). The number of anilines is 1. The number of imidazole rings is 1. The van der Waals surface area contributed by atoms with Gasteiger partial charge >= 0.3 is 0 Å². The van der Waals surface area contributed by atoms with Crippen LogP contribution in [0, 0.1) is 20.8 Å². The van der Waals surface area contributed by atoms with Crippen LogP contribution in [0.5, 0.6) is 0 Å². The van der Waals surface area contributed by atoms with Crippen molar-refractivity contribution in [2.75, 3.05) is 11.4 Å². The second-order valence-electron chi connectivity index (χ2n) is 5.71. The molecule has 1 saturated heterocycles. The zero-order valence-electron chi connectivity index (χ0n) is 12.7. The molecule has 6 nitrogen and oxygen atoms in total. The molecule has 2 aromatic heterocycles. The van der Waals surface area contributed by atoms with Crippen LogP contribution in [0.4, 0.5) is 5.69 Å². The van der Waals surface area contributed by atoms with Crippen LogP contribution in [0.3, 0.4) is 0 Å². The van der Waals surface area contributed by atoms with Gasteiger partial charge in [-0.25, -0.2) is 4.98 Å². The van der Waals surface area contributed by atoms with Crippen molar-refractivity contribution in [2.24, 2.45) is 0 Å². The molecule has 22 heavy (non-hydrogen) atoms. The van der Waals surface area contributed by atoms with E-state index in [2.05, 4.69) is 15.1 Å². The van der Waals surface area contributed by atoms with Crippen molar-refractivity contribution in [3.05, 3.63) is 29.4 Å². The quantitative estimate of drug-likeness (QED) is 0.738. The van der Waals surface area contributed by atoms with Gasteiger partial charge in [0.2, 0.25) is 5.91 Å². The highest BCUT2D eigenvalue weighted by atomic mass is 16.5. The van der Waals surface area contributed by atoms with Crippen molar-refractivity contribution in [2.45, 2.75) is 27.2 Å². The Bertz CT molecular complexity index is 887. The molecular formula is C16H16N4O2. The Morgan fingerprint density at radius 1 is 1.27 bits per heavy atom. The first kappa shape index (κ1) is 13.1. The number of benzene rings is 1. The summed E-state index contributed by atoms with van der Waals surface area (Å²) in [6.07, 6.45) is 0.598. The molecule has 0 unspecified atom stereocenters. The number of carbonyl (C=O) groups excluding carboxylic acids is 1. The maximum Gasteiger partial charge on any atom is 0.228 e. The highest BCUT2D eigenvalue weighted by Gasteiger charge is 2.28. The van der Waals surface area contributed by atoms with Crippen LogP contribution in [0.15, 0.2) is 16.7 Å². The van der Waals surface area contributed by atoms with Crippen LogP contribution in [0.1, 0.15) is 23.7 Å². The zero-order valence-corrected chi connectivity index (χ0v) is 12.7. The van der Waals surface area contributed by atoms with Gasteiger partial charge in [-0.1, -0.05) is 5.16 Å². The Hall–Kier alpha value is -2.63. The minimum Gasteiger partial charge on any atom is -0.361 e. The van der Waals surface area contributed by atoms with Crippen molar-refractivity contribution in [1.82, 2.24) is 15.1 Å². The van der Waals surface area contributed by atoms with Crippen LogP contribution in [-0.4, -0.2) is 27.6 Å². The molecule has 1 aromatic carbocycles. The second-order valence-corrected chi connectivity index (χ2v) is 5.71. The predicted molar refractivity (Wildman–Crippen MR) is 82.8 cm³/mol. The summed E-state index contributed by atoms with van der Waals surface area (Å²) in [5.74, 6) is 1.74. The molecule has 1 N–H and O–H groups in total. The van der Waals surface area contributed by atoms with Gasteiger partial charge < -0.3 is 14.4 Å². The minimum atomic E-state index is 0.137. The van der Waals surface area contributed by atoms with E-state index in [9.17, 15) is 4.79 Å². The molecule has 1 aliphatic rings. The van der Waals surface area contributed by atoms with Crippen LogP contribution < -0.4 is 4.90 Å². The molecule has 3 heterocycles. The van der Waals surface area contributed by atoms with Crippen LogP contribution in [0.2, 0.25) is 0 Å². The number of H-pyrrole nitrogens is 1. The lowest BCUT2D eigenvalue weighted by atomic mass is 10.0. The standard InChI is InChI=1S/C16H16N4O2/c1-8-15(9(2)22-19-8)11-6-12-16(18-10(3)17-12)13(7-11)20-5-4-14(20)21/h6-7H,4-5H2,1-3H3,(H,17,18). The fourth-order valence-electron chi connectivity index (χ4n) is 3.04. The highest BCUT2D eigenvalue weighted by molar-refractivity contribution is 6.07. The number of aromatic nitrogens is 3. The van der Waals surface area contributed by atoms with Crippen molar-refractivity contribution >= 4 is 22.6 Å². The number of nitrogens with one attached hydrogen (secondary N) is 1. The third kappa shape index (κ3) is 1.76. The Balaban J connectivity index is 1.99. The van der Waals surface area contributed by atoms with E-state index in [1.165, 1.54) is 0 Å². The summed E-state index contributed by atoms with van der Waals surface area (Å²) >= 11 is 0. The number of amides is 1. The average molecular weight is 296 g/mol. The first-order chi connectivity index (χ1) is 10.5. The molecular weight excluding hydrogens is 280 g/mol. The van der Waals surface area contributed by atoms with Gasteiger partial charge in [-0.3, -0.25) is 4.79 Å². The van der Waals surface area contributed by atoms with Crippen molar-refractivity contribution in [1.29, 1.82) is 0 Å². The van der Waals surface area contributed by atoms with Gasteiger partial charge in [-0.15, -0.1) is 0 Å². The van der Waals surface area contributed by atoms with Gasteiger partial charge in [0.05, 0.1) is 16.9 Å². The monoisotopic (exact) mass is 296 g/mol. The molecule has 0 radical (unpaired) electrons. The van der Waals surface area contributed by atoms with E-state index in [0.29, 0.717) is 6.42 Å². The van der Waals surface area contributed by atoms with Gasteiger partial charge in [-0.05, 0) is 38.5 Å². The molecule has 0 bridgehead atoms. The molecule has 0 saturated carbocycles. The largest absolute Gasteiger partial charge is 0.361 e. The molecule has 0 atom stereocenters. The minimum absolute atomic E-state index is 0.137. The molecule has 0 spiro atoms. The number of fused-ring (bicyclic) bond motifs is 1. The van der Waals surface area contributed by atoms with E-state index in [4.69, 9.17) is 4.52 Å². The maximum absolute atomic E-state index is 11.9. The van der Waals surface area contributed by atoms with E-state index in [-0.39, 0.29) is 5.91 Å². The molecule has 1 fully saturated rings. The van der Waals surface area contributed by atoms with Crippen LogP contribution in [0.25, 0.3) is 22.2 Å². The second kappa shape index (κ2) is 4.43. The van der Waals surface area contributed by atoms with Gasteiger partial charge in [0, 0.05) is 18.5 Å². The van der Waals surface area contributed by atoms with Crippen molar-refractivity contribution in [3.8, 4) is 11.1 Å². The van der Waals surface area contributed by atoms with E-state index < -0.39 is 0 Å². The summed E-state index contributed by atoms with van der Waals surface area (Å²) in [7, 11) is 0. The fraction of sp³-hybridized carbons (Fsp3) is 0.312. The Morgan fingerprint density at radius 3 is 2.68 bits per heavy atom. The number of nitrogens with zero attached hydrogens (tertiary/aromatic N) is 3. The lowest BCUT2D eigenvalue weighted by Crippen LogP contribution is -2.43. The number of hydrogen-bond donors (Lipinski definition) is 1. The number of aryl methyl sites for hydroxylation is 3. The van der Waals surface area contributed by atoms with Crippen molar-refractivity contribution < 1.29 is 9.32 Å². The maximum atomic E-state index is 11.9. The van der Waals surface area contributed by atoms with Gasteiger partial charge in [-0.2, -0.15) is 0 Å². The van der Waals surface area contributed by atoms with E-state index >= 15 is 0 Å². The third-order valence-electron chi connectivity index (χ3n) is 4.15. The van der Waals surface area contributed by atoms with Gasteiger partial charge in [0.25, 0.3) is 0 Å². The lowest BCUT2D eigenvalue weighted by Gasteiger charge is -2.31. The Labute approximate surface area is 127 Å². The molecule has 1 amide bonds. The number of aromatic amines is 1. The highest BCUT2D eigenvalue weighted by Crippen LogP contribution is 2.36. The zero-order chi connectivity index (χ0) is 15.4. The first-order valence-electron chi connectivity index (χ1n) is 7.28. The van der Waals surface area contributed by atoms with Crippen molar-refractivity contribution in [3.63, 3.8) is 0 Å². The lowest BCUT2D eigenvalue weighted by molar-refractivity contribution is -0.122. The number of carbonyl (C=O) groups is 1. The summed E-state index contributed by atoms with van der Waals surface area (Å²) in [6.45, 7) is 6.47. The summed E-state index contributed by atoms with van der Waals surface area (Å²) in [4.78, 5) is 21.4. The fourth-order valence-corrected chi connectivity index (χ4v) is 3.04. The van der Waals surface area contributed by atoms with Gasteiger partial charge in [0.1, 0.15) is 17.1 Å². The Kier molecular flexibility index (Phi) is 2.63. The molecule has 1 aliphatic heterocycles. The molecule has 0 aliphatic carbocycles. The molecule has 6 heteroatoms. The normalized spacial score (nSPS) is 14.7. The number of hydrogen-bond acceptors (Lipinski definition) is 4. The van der Waals surface area contributed by atoms with E-state index in [1.807, 2.05) is 32.9 Å². The topological polar surface area (TPSA) is 75.0 Å². The SMILES string of the molecule is Cc1nc2c(N3CCC3=O)cc(-c3c(C)noc3C)cc2[nH]1. The smallest absolute Gasteiger partial charge is 0.228 e. The summed E-state index contributed by atoms with van der Waals surface area (Å²) in [5, 5.41) is 4.02. The Morgan fingerprint density at radius 2 is 2.09 bits per heavy atom. The summed E-state index contributed by atoms with van der Waals surface area (Å²) < 4.78 is 5.27. The number of β-lactam (4-membered cyclic amide) rings is 1. The van der Waals surface area contributed by atoms with Crippen LogP contribution in [-0.2, 0) is 4.79 Å². The molecule has 112 valence electrons. The van der Waals surface area contributed by atoms with Crippen LogP contribution >= 0.6 is 0 Å².